The molecule has 8 heteroatoms. The maximum absolute atomic E-state index is 12.9. The number of amides is 2. The summed E-state index contributed by atoms with van der Waals surface area (Å²) in [5.74, 6) is -0.0833. The summed E-state index contributed by atoms with van der Waals surface area (Å²) in [5, 5.41) is 4.03. The molecule has 3 rings (SSSR count). The van der Waals surface area contributed by atoms with Crippen molar-refractivity contribution in [1.82, 2.24) is 15.1 Å². The topological polar surface area (TPSA) is 52.7 Å². The highest BCUT2D eigenvalue weighted by Gasteiger charge is 2.37. The minimum absolute atomic E-state index is 0. The third kappa shape index (κ3) is 4.45. The maximum atomic E-state index is 12.9. The van der Waals surface area contributed by atoms with Gasteiger partial charge in [0, 0.05) is 31.2 Å². The van der Waals surface area contributed by atoms with Gasteiger partial charge in [-0.15, -0.1) is 12.4 Å². The first kappa shape index (κ1) is 21.3. The second-order valence-corrected chi connectivity index (χ2v) is 7.49. The molecule has 5 nitrogen and oxygen atoms in total. The number of benzene rings is 1. The van der Waals surface area contributed by atoms with Crippen LogP contribution in [0, 0.1) is 0 Å². The molecule has 2 amide bonds. The van der Waals surface area contributed by atoms with Crippen LogP contribution in [0.3, 0.4) is 0 Å². The molecule has 0 radical (unpaired) electrons. The first-order valence-electron chi connectivity index (χ1n) is 8.73. The van der Waals surface area contributed by atoms with Gasteiger partial charge in [-0.25, -0.2) is 0 Å². The molecule has 144 valence electrons. The number of nitrogens with one attached hydrogen (secondary N) is 1. The lowest BCUT2D eigenvalue weighted by molar-refractivity contribution is -0.136. The normalized spacial score (nSPS) is 20.8. The van der Waals surface area contributed by atoms with Crippen molar-refractivity contribution in [2.24, 2.45) is 0 Å². The van der Waals surface area contributed by atoms with Crippen LogP contribution in [0.15, 0.2) is 18.2 Å². The van der Waals surface area contributed by atoms with E-state index in [4.69, 9.17) is 23.2 Å². The lowest BCUT2D eigenvalue weighted by Crippen LogP contribution is -2.51. The van der Waals surface area contributed by atoms with Gasteiger partial charge in [0.05, 0.1) is 10.0 Å². The van der Waals surface area contributed by atoms with Gasteiger partial charge in [-0.1, -0.05) is 23.2 Å². The SMILES string of the molecule is CNC1CCN(C(=O)C2CCCN2C(=O)c2ccc(Cl)c(Cl)c2)CC1.Cl. The number of likely N-dealkylation sites (tertiary alicyclic amines) is 2. The van der Waals surface area contributed by atoms with Gasteiger partial charge in [0.25, 0.3) is 5.91 Å². The van der Waals surface area contributed by atoms with Gasteiger partial charge in [0.1, 0.15) is 6.04 Å². The number of halogens is 3. The molecule has 0 spiro atoms. The Hall–Kier alpha value is -1.01. The Bertz CT molecular complexity index is 663. The van der Waals surface area contributed by atoms with Gasteiger partial charge in [0.15, 0.2) is 0 Å². The average molecular weight is 421 g/mol. The van der Waals surface area contributed by atoms with Crippen LogP contribution in [0.25, 0.3) is 0 Å². The summed E-state index contributed by atoms with van der Waals surface area (Å²) in [6.45, 7) is 2.09. The van der Waals surface area contributed by atoms with Crippen molar-refractivity contribution in [2.45, 2.75) is 37.8 Å². The van der Waals surface area contributed by atoms with E-state index in [1.165, 1.54) is 0 Å². The molecule has 26 heavy (non-hydrogen) atoms. The van der Waals surface area contributed by atoms with E-state index in [9.17, 15) is 9.59 Å². The van der Waals surface area contributed by atoms with Crippen LogP contribution in [0.4, 0.5) is 0 Å². The van der Waals surface area contributed by atoms with E-state index in [0.29, 0.717) is 28.2 Å². The summed E-state index contributed by atoms with van der Waals surface area (Å²) in [6.07, 6.45) is 3.47. The fraction of sp³-hybridized carbons (Fsp3) is 0.556. The van der Waals surface area contributed by atoms with Crippen molar-refractivity contribution in [3.05, 3.63) is 33.8 Å². The third-order valence-electron chi connectivity index (χ3n) is 5.18. The summed E-state index contributed by atoms with van der Waals surface area (Å²) < 4.78 is 0. The molecule has 2 aliphatic rings. The van der Waals surface area contributed by atoms with Gasteiger partial charge in [-0.3, -0.25) is 9.59 Å². The lowest BCUT2D eigenvalue weighted by atomic mass is 10.0. The Labute approximate surface area is 170 Å². The fourth-order valence-electron chi connectivity index (χ4n) is 3.66. The second-order valence-electron chi connectivity index (χ2n) is 6.67. The predicted molar refractivity (Wildman–Crippen MR) is 106 cm³/mol. The minimum atomic E-state index is -0.368. The van der Waals surface area contributed by atoms with Crippen molar-refractivity contribution >= 4 is 47.4 Å². The second kappa shape index (κ2) is 9.27. The molecule has 1 N–H and O–H groups in total. The van der Waals surface area contributed by atoms with Crippen molar-refractivity contribution in [3.8, 4) is 0 Å². The molecular formula is C18H24Cl3N3O2. The van der Waals surface area contributed by atoms with Crippen LogP contribution in [-0.4, -0.2) is 60.4 Å². The summed E-state index contributed by atoms with van der Waals surface area (Å²) in [5.41, 5.74) is 0.475. The van der Waals surface area contributed by atoms with Gasteiger partial charge in [-0.05, 0) is 50.9 Å². The smallest absolute Gasteiger partial charge is 0.254 e. The quantitative estimate of drug-likeness (QED) is 0.817. The zero-order valence-electron chi connectivity index (χ0n) is 14.7. The summed E-state index contributed by atoms with van der Waals surface area (Å²) in [6, 6.07) is 4.96. The Morgan fingerprint density at radius 2 is 1.77 bits per heavy atom. The summed E-state index contributed by atoms with van der Waals surface area (Å²) >= 11 is 12.0. The Kier molecular flexibility index (Phi) is 7.59. The molecule has 1 aromatic rings. The lowest BCUT2D eigenvalue weighted by Gasteiger charge is -2.35. The minimum Gasteiger partial charge on any atom is -0.341 e. The molecule has 0 bridgehead atoms. The Morgan fingerprint density at radius 1 is 1.08 bits per heavy atom. The monoisotopic (exact) mass is 419 g/mol. The number of rotatable bonds is 3. The first-order valence-corrected chi connectivity index (χ1v) is 9.49. The number of piperidine rings is 1. The molecule has 1 unspecified atom stereocenters. The van der Waals surface area contributed by atoms with Gasteiger partial charge >= 0.3 is 0 Å². The Balaban J connectivity index is 0.00000243. The van der Waals surface area contributed by atoms with Crippen molar-refractivity contribution in [1.29, 1.82) is 0 Å². The van der Waals surface area contributed by atoms with E-state index in [2.05, 4.69) is 5.32 Å². The van der Waals surface area contributed by atoms with Crippen molar-refractivity contribution in [2.75, 3.05) is 26.7 Å². The third-order valence-corrected chi connectivity index (χ3v) is 5.92. The molecule has 0 saturated carbocycles. The van der Waals surface area contributed by atoms with Crippen LogP contribution in [0.1, 0.15) is 36.0 Å². The number of carbonyl (C=O) groups is 2. The number of nitrogens with zero attached hydrogens (tertiary/aromatic N) is 2. The van der Waals surface area contributed by atoms with Gasteiger partial charge < -0.3 is 15.1 Å². The van der Waals surface area contributed by atoms with Gasteiger partial charge in [-0.2, -0.15) is 0 Å². The molecule has 2 heterocycles. The van der Waals surface area contributed by atoms with Crippen LogP contribution < -0.4 is 5.32 Å². The van der Waals surface area contributed by atoms with Crippen LogP contribution >= 0.6 is 35.6 Å². The molecular weight excluding hydrogens is 397 g/mol. The maximum Gasteiger partial charge on any atom is 0.254 e. The highest BCUT2D eigenvalue weighted by Crippen LogP contribution is 2.27. The van der Waals surface area contributed by atoms with Crippen molar-refractivity contribution in [3.63, 3.8) is 0 Å². The predicted octanol–water partition coefficient (Wildman–Crippen LogP) is 3.23. The van der Waals surface area contributed by atoms with Crippen LogP contribution in [0.5, 0.6) is 0 Å². The largest absolute Gasteiger partial charge is 0.341 e. The summed E-state index contributed by atoms with van der Waals surface area (Å²) in [4.78, 5) is 29.4. The number of hydrogen-bond donors (Lipinski definition) is 1. The molecule has 1 atom stereocenters. The van der Waals surface area contributed by atoms with Crippen LogP contribution in [-0.2, 0) is 4.79 Å². The number of hydrogen-bond acceptors (Lipinski definition) is 3. The molecule has 1 aromatic carbocycles. The molecule has 0 aromatic heterocycles. The standard InChI is InChI=1S/C18H23Cl2N3O2.ClH/c1-21-13-6-9-22(10-7-13)18(25)16-3-2-8-23(16)17(24)12-4-5-14(19)15(20)11-12;/h4-5,11,13,16,21H,2-3,6-10H2,1H3;1H. The van der Waals surface area contributed by atoms with E-state index in [0.717, 1.165) is 38.8 Å². The highest BCUT2D eigenvalue weighted by atomic mass is 35.5. The van der Waals surface area contributed by atoms with Crippen LogP contribution in [0.2, 0.25) is 10.0 Å². The fourth-order valence-corrected chi connectivity index (χ4v) is 3.96. The zero-order valence-corrected chi connectivity index (χ0v) is 17.0. The zero-order chi connectivity index (χ0) is 18.0. The molecule has 2 aliphatic heterocycles. The highest BCUT2D eigenvalue weighted by molar-refractivity contribution is 6.42. The number of carbonyl (C=O) groups excluding carboxylic acids is 2. The molecule has 2 saturated heterocycles. The molecule has 2 fully saturated rings. The average Bonchev–Trinajstić information content (AvgIpc) is 3.12. The van der Waals surface area contributed by atoms with E-state index in [-0.39, 0.29) is 30.3 Å². The summed E-state index contributed by atoms with van der Waals surface area (Å²) in [7, 11) is 1.96. The Morgan fingerprint density at radius 3 is 2.38 bits per heavy atom. The van der Waals surface area contributed by atoms with E-state index in [1.807, 2.05) is 11.9 Å². The first-order chi connectivity index (χ1) is 12.0. The van der Waals surface area contributed by atoms with E-state index in [1.54, 1.807) is 23.1 Å². The van der Waals surface area contributed by atoms with E-state index < -0.39 is 0 Å². The van der Waals surface area contributed by atoms with E-state index >= 15 is 0 Å². The van der Waals surface area contributed by atoms with Gasteiger partial charge in [0.2, 0.25) is 5.91 Å². The van der Waals surface area contributed by atoms with Crippen molar-refractivity contribution < 1.29 is 9.59 Å². The molecule has 0 aliphatic carbocycles.